The van der Waals surface area contributed by atoms with E-state index in [0.29, 0.717) is 32.0 Å². The largest absolute Gasteiger partial charge is 0.491 e. The number of benzene rings is 1. The molecule has 0 aliphatic carbocycles. The predicted octanol–water partition coefficient (Wildman–Crippen LogP) is 1.68. The average Bonchev–Trinajstić information content (AvgIpc) is 2.51. The Morgan fingerprint density at radius 3 is 2.48 bits per heavy atom. The fourth-order valence-electron chi connectivity index (χ4n) is 2.45. The molecule has 0 radical (unpaired) electrons. The van der Waals surface area contributed by atoms with Crippen molar-refractivity contribution < 1.29 is 22.7 Å². The normalized spacial score (nSPS) is 18.7. The molecule has 7 nitrogen and oxygen atoms in total. The molecule has 25 heavy (non-hydrogen) atoms. The zero-order chi connectivity index (χ0) is 18.7. The molecule has 1 aromatic rings. The first-order chi connectivity index (χ1) is 11.6. The van der Waals surface area contributed by atoms with Gasteiger partial charge in [0.15, 0.2) is 9.84 Å². The van der Waals surface area contributed by atoms with Gasteiger partial charge in [0.05, 0.1) is 10.9 Å². The first-order valence-electron chi connectivity index (χ1n) is 8.19. The topological polar surface area (TPSA) is 84.9 Å². The number of carbonyl (C=O) groups excluding carboxylic acids is 1. The van der Waals surface area contributed by atoms with Gasteiger partial charge in [0, 0.05) is 25.9 Å². The van der Waals surface area contributed by atoms with Gasteiger partial charge >= 0.3 is 6.09 Å². The van der Waals surface area contributed by atoms with Gasteiger partial charge in [-0.2, -0.15) is 0 Å². The summed E-state index contributed by atoms with van der Waals surface area (Å²) in [5, 5.41) is 3.24. The number of amides is 1. The van der Waals surface area contributed by atoms with E-state index in [1.165, 1.54) is 12.1 Å². The van der Waals surface area contributed by atoms with Gasteiger partial charge in [-0.3, -0.25) is 4.90 Å². The van der Waals surface area contributed by atoms with Crippen molar-refractivity contribution in [1.29, 1.82) is 0 Å². The SMILES string of the molecule is CC(C)(C)OC(=O)N1CCNC[C@H]1COc1ccc(S(C)(=O)=O)cc1. The number of carbonyl (C=O) groups is 1. The molecule has 1 N–H and O–H groups in total. The van der Waals surface area contributed by atoms with Gasteiger partial charge in [-0.1, -0.05) is 0 Å². The Balaban J connectivity index is 1.98. The van der Waals surface area contributed by atoms with Crippen LogP contribution in [0.15, 0.2) is 29.2 Å². The monoisotopic (exact) mass is 370 g/mol. The molecular formula is C17H26N2O5S. The third-order valence-electron chi connectivity index (χ3n) is 3.67. The number of sulfone groups is 1. The van der Waals surface area contributed by atoms with Gasteiger partial charge in [-0.15, -0.1) is 0 Å². The second-order valence-corrected chi connectivity index (χ2v) is 9.10. The summed E-state index contributed by atoms with van der Waals surface area (Å²) < 4.78 is 34.1. The molecule has 1 aliphatic rings. The van der Waals surface area contributed by atoms with Gasteiger partial charge < -0.3 is 14.8 Å². The third kappa shape index (κ3) is 5.89. The van der Waals surface area contributed by atoms with Crippen LogP contribution in [-0.4, -0.2) is 63.6 Å². The van der Waals surface area contributed by atoms with Crippen molar-refractivity contribution in [3.8, 4) is 5.75 Å². The van der Waals surface area contributed by atoms with Crippen molar-refractivity contribution in [3.63, 3.8) is 0 Å². The molecular weight excluding hydrogens is 344 g/mol. The molecule has 140 valence electrons. The summed E-state index contributed by atoms with van der Waals surface area (Å²) in [6, 6.07) is 6.10. The van der Waals surface area contributed by atoms with Crippen molar-refractivity contribution in [2.75, 3.05) is 32.5 Å². The predicted molar refractivity (Wildman–Crippen MR) is 94.6 cm³/mol. The molecule has 1 atom stereocenters. The van der Waals surface area contributed by atoms with E-state index in [-0.39, 0.29) is 17.0 Å². The van der Waals surface area contributed by atoms with Crippen LogP contribution in [0.5, 0.6) is 5.75 Å². The summed E-state index contributed by atoms with van der Waals surface area (Å²) >= 11 is 0. The second kappa shape index (κ2) is 7.61. The van der Waals surface area contributed by atoms with Crippen LogP contribution in [0.4, 0.5) is 4.79 Å². The molecule has 2 rings (SSSR count). The van der Waals surface area contributed by atoms with Gasteiger partial charge in [0.2, 0.25) is 0 Å². The minimum Gasteiger partial charge on any atom is -0.491 e. The van der Waals surface area contributed by atoms with Crippen LogP contribution in [0.25, 0.3) is 0 Å². The molecule has 8 heteroatoms. The van der Waals surface area contributed by atoms with Crippen molar-refractivity contribution in [2.24, 2.45) is 0 Å². The Kier molecular flexibility index (Phi) is 5.95. The lowest BCUT2D eigenvalue weighted by molar-refractivity contribution is 0.00630. The average molecular weight is 370 g/mol. The van der Waals surface area contributed by atoms with Gasteiger partial charge in [-0.05, 0) is 45.0 Å². The van der Waals surface area contributed by atoms with Crippen molar-refractivity contribution in [1.82, 2.24) is 10.2 Å². The lowest BCUT2D eigenvalue weighted by atomic mass is 10.2. The quantitative estimate of drug-likeness (QED) is 0.868. The fourth-order valence-corrected chi connectivity index (χ4v) is 3.08. The number of ether oxygens (including phenoxy) is 2. The van der Waals surface area contributed by atoms with Crippen LogP contribution in [0.2, 0.25) is 0 Å². The maximum absolute atomic E-state index is 12.3. The summed E-state index contributed by atoms with van der Waals surface area (Å²) in [7, 11) is -3.23. The molecule has 0 unspecified atom stereocenters. The van der Waals surface area contributed by atoms with E-state index in [1.807, 2.05) is 20.8 Å². The first-order valence-corrected chi connectivity index (χ1v) is 10.1. The molecule has 1 heterocycles. The first kappa shape index (κ1) is 19.5. The van der Waals surface area contributed by atoms with Gasteiger partial charge in [0.1, 0.15) is 18.0 Å². The van der Waals surface area contributed by atoms with Crippen LogP contribution >= 0.6 is 0 Å². The van der Waals surface area contributed by atoms with E-state index >= 15 is 0 Å². The molecule has 1 amide bonds. The Bertz CT molecular complexity index is 695. The molecule has 0 bridgehead atoms. The molecule has 1 aliphatic heterocycles. The number of rotatable bonds is 4. The lowest BCUT2D eigenvalue weighted by Gasteiger charge is -2.36. The van der Waals surface area contributed by atoms with Crippen LogP contribution in [0.1, 0.15) is 20.8 Å². The van der Waals surface area contributed by atoms with E-state index in [1.54, 1.807) is 17.0 Å². The highest BCUT2D eigenvalue weighted by Gasteiger charge is 2.30. The Hall–Kier alpha value is -1.80. The van der Waals surface area contributed by atoms with Gasteiger partial charge in [-0.25, -0.2) is 13.2 Å². The van der Waals surface area contributed by atoms with E-state index in [2.05, 4.69) is 5.32 Å². The standard InChI is InChI=1S/C17H26N2O5S/c1-17(2,3)24-16(20)19-10-9-18-11-13(19)12-23-14-5-7-15(8-6-14)25(4,21)22/h5-8,13,18H,9-12H2,1-4H3/t13-/m0/s1. The second-order valence-electron chi connectivity index (χ2n) is 7.09. The number of hydrogen-bond acceptors (Lipinski definition) is 6. The summed E-state index contributed by atoms with van der Waals surface area (Å²) in [6.45, 7) is 7.67. The number of piperazine rings is 1. The van der Waals surface area contributed by atoms with E-state index in [0.717, 1.165) is 6.26 Å². The number of nitrogens with one attached hydrogen (secondary N) is 1. The minimum absolute atomic E-state index is 0.154. The third-order valence-corrected chi connectivity index (χ3v) is 4.80. The highest BCUT2D eigenvalue weighted by molar-refractivity contribution is 7.90. The van der Waals surface area contributed by atoms with E-state index < -0.39 is 15.4 Å². The summed E-state index contributed by atoms with van der Waals surface area (Å²) in [6.07, 6.45) is 0.810. The molecule has 0 saturated carbocycles. The molecule has 0 spiro atoms. The van der Waals surface area contributed by atoms with Crippen molar-refractivity contribution in [2.45, 2.75) is 37.3 Å². The van der Waals surface area contributed by atoms with E-state index in [4.69, 9.17) is 9.47 Å². The Morgan fingerprint density at radius 2 is 1.92 bits per heavy atom. The lowest BCUT2D eigenvalue weighted by Crippen LogP contribution is -2.56. The molecule has 1 aromatic carbocycles. The Morgan fingerprint density at radius 1 is 1.28 bits per heavy atom. The maximum Gasteiger partial charge on any atom is 0.410 e. The molecule has 0 aromatic heterocycles. The van der Waals surface area contributed by atoms with Crippen LogP contribution in [-0.2, 0) is 14.6 Å². The molecule has 1 saturated heterocycles. The van der Waals surface area contributed by atoms with Crippen LogP contribution in [0.3, 0.4) is 0 Å². The van der Waals surface area contributed by atoms with E-state index in [9.17, 15) is 13.2 Å². The van der Waals surface area contributed by atoms with Crippen molar-refractivity contribution in [3.05, 3.63) is 24.3 Å². The Labute approximate surface area is 149 Å². The summed E-state index contributed by atoms with van der Waals surface area (Å²) in [4.78, 5) is 14.3. The smallest absolute Gasteiger partial charge is 0.410 e. The zero-order valence-electron chi connectivity index (χ0n) is 15.1. The van der Waals surface area contributed by atoms with Crippen LogP contribution in [0, 0.1) is 0 Å². The minimum atomic E-state index is -3.23. The molecule has 1 fully saturated rings. The van der Waals surface area contributed by atoms with Gasteiger partial charge in [0.25, 0.3) is 0 Å². The summed E-state index contributed by atoms with van der Waals surface area (Å²) in [5.74, 6) is 0.558. The number of hydrogen-bond donors (Lipinski definition) is 1. The maximum atomic E-state index is 12.3. The van der Waals surface area contributed by atoms with Crippen LogP contribution < -0.4 is 10.1 Å². The summed E-state index contributed by atoms with van der Waals surface area (Å²) in [5.41, 5.74) is -0.547. The number of nitrogens with zero attached hydrogens (tertiary/aromatic N) is 1. The van der Waals surface area contributed by atoms with Crippen molar-refractivity contribution >= 4 is 15.9 Å². The highest BCUT2D eigenvalue weighted by atomic mass is 32.2. The zero-order valence-corrected chi connectivity index (χ0v) is 15.9. The highest BCUT2D eigenvalue weighted by Crippen LogP contribution is 2.18. The fraction of sp³-hybridized carbons (Fsp3) is 0.588.